The first-order valence-corrected chi connectivity index (χ1v) is 4.96. The van der Waals surface area contributed by atoms with Crippen LogP contribution in [-0.2, 0) is 4.74 Å². The quantitative estimate of drug-likeness (QED) is 0.560. The number of aliphatic hydroxyl groups is 2. The Morgan fingerprint density at radius 2 is 2.29 bits per heavy atom. The van der Waals surface area contributed by atoms with E-state index in [0.29, 0.717) is 26.0 Å². The fourth-order valence-electron chi connectivity index (χ4n) is 2.85. The van der Waals surface area contributed by atoms with Gasteiger partial charge in [-0.3, -0.25) is 4.90 Å². The first-order valence-electron chi connectivity index (χ1n) is 4.96. The van der Waals surface area contributed by atoms with Gasteiger partial charge in [0.15, 0.2) is 0 Å². The van der Waals surface area contributed by atoms with Crippen LogP contribution in [0.1, 0.15) is 19.3 Å². The van der Waals surface area contributed by atoms with Crippen molar-refractivity contribution in [1.82, 2.24) is 4.90 Å². The normalized spacial score (nSPS) is 48.4. The van der Waals surface area contributed by atoms with Gasteiger partial charge in [-0.1, -0.05) is 0 Å². The molecule has 2 rings (SSSR count). The third kappa shape index (κ3) is 1.39. The molecular weight excluding hydrogens is 181 g/mol. The van der Waals surface area contributed by atoms with E-state index in [1.54, 1.807) is 12.0 Å². The lowest BCUT2D eigenvalue weighted by atomic mass is 9.88. The molecule has 78 valence electrons. The predicted molar refractivity (Wildman–Crippen MR) is 51.9 cm³/mol. The summed E-state index contributed by atoms with van der Waals surface area (Å²) in [6.45, 7) is 0.958. The minimum Gasteiger partial charge on any atom is -0.392 e. The number of hydrogen-bond acceptors (Lipinski definition) is 4. The van der Waals surface area contributed by atoms with Crippen LogP contribution < -0.4 is 0 Å². The standard InChI is InChI=1S/C9H16BNO3/c1-14-6-8-2-3-9(10,13)11(8)5-7(12)4-8/h7,12-13H,2-6H2,1H3. The maximum atomic E-state index is 9.91. The Hall–Kier alpha value is -0.0951. The topological polar surface area (TPSA) is 52.9 Å². The summed E-state index contributed by atoms with van der Waals surface area (Å²) in [7, 11) is 7.39. The molecule has 4 nitrogen and oxygen atoms in total. The molecule has 2 aliphatic rings. The third-order valence-electron chi connectivity index (χ3n) is 3.42. The average Bonchev–Trinajstić information content (AvgIpc) is 2.51. The van der Waals surface area contributed by atoms with Gasteiger partial charge in [0, 0.05) is 19.2 Å². The number of aliphatic hydroxyl groups excluding tert-OH is 1. The Kier molecular flexibility index (Phi) is 2.38. The van der Waals surface area contributed by atoms with E-state index in [4.69, 9.17) is 12.6 Å². The molecule has 3 atom stereocenters. The molecule has 3 unspecified atom stereocenters. The van der Waals surface area contributed by atoms with Crippen LogP contribution in [0.2, 0.25) is 0 Å². The van der Waals surface area contributed by atoms with Crippen molar-refractivity contribution in [2.75, 3.05) is 20.3 Å². The van der Waals surface area contributed by atoms with Crippen molar-refractivity contribution < 1.29 is 14.9 Å². The Balaban J connectivity index is 2.22. The van der Waals surface area contributed by atoms with Crippen molar-refractivity contribution >= 4 is 7.85 Å². The molecule has 0 aromatic rings. The molecule has 2 N–H and O–H groups in total. The number of fused-ring (bicyclic) bond motifs is 1. The summed E-state index contributed by atoms with van der Waals surface area (Å²) in [5.41, 5.74) is -1.52. The van der Waals surface area contributed by atoms with E-state index in [0.717, 1.165) is 6.42 Å². The zero-order valence-electron chi connectivity index (χ0n) is 8.44. The summed E-state index contributed by atoms with van der Waals surface area (Å²) in [5.74, 6) is 0. The Bertz CT molecular complexity index is 236. The van der Waals surface area contributed by atoms with Crippen LogP contribution in [0.15, 0.2) is 0 Å². The number of nitrogens with zero attached hydrogens (tertiary/aromatic N) is 1. The van der Waals surface area contributed by atoms with Gasteiger partial charge in [-0.05, 0) is 19.3 Å². The minimum atomic E-state index is -1.27. The summed E-state index contributed by atoms with van der Waals surface area (Å²) >= 11 is 0. The number of β-amino-alcohol motifs (C(OH)–C–C–N with tert-alkyl or cyclic N) is 1. The third-order valence-corrected chi connectivity index (χ3v) is 3.42. The first kappa shape index (κ1) is 10.4. The van der Waals surface area contributed by atoms with Gasteiger partial charge >= 0.3 is 0 Å². The van der Waals surface area contributed by atoms with Crippen molar-refractivity contribution in [3.8, 4) is 0 Å². The van der Waals surface area contributed by atoms with Crippen molar-refractivity contribution in [3.05, 3.63) is 0 Å². The van der Waals surface area contributed by atoms with Crippen molar-refractivity contribution in [3.63, 3.8) is 0 Å². The minimum absolute atomic E-state index is 0.252. The van der Waals surface area contributed by atoms with Gasteiger partial charge < -0.3 is 14.9 Å². The molecule has 2 radical (unpaired) electrons. The van der Waals surface area contributed by atoms with Gasteiger partial charge in [0.05, 0.1) is 18.3 Å². The number of rotatable bonds is 2. The second kappa shape index (κ2) is 3.20. The zero-order chi connectivity index (χ0) is 10.4. The zero-order valence-corrected chi connectivity index (χ0v) is 8.44. The lowest BCUT2D eigenvalue weighted by Crippen LogP contribution is -2.53. The second-order valence-electron chi connectivity index (χ2n) is 4.50. The highest BCUT2D eigenvalue weighted by atomic mass is 16.5. The van der Waals surface area contributed by atoms with Gasteiger partial charge in [0.2, 0.25) is 0 Å². The van der Waals surface area contributed by atoms with E-state index in [1.165, 1.54) is 0 Å². The SMILES string of the molecule is [B]C1(O)CCC2(COC)CC(O)CN12. The number of methoxy groups -OCH3 is 1. The predicted octanol–water partition coefficient (Wildman–Crippen LogP) is -0.953. The molecule has 14 heavy (non-hydrogen) atoms. The fraction of sp³-hybridized carbons (Fsp3) is 1.00. The van der Waals surface area contributed by atoms with Crippen molar-refractivity contribution in [2.45, 2.75) is 36.5 Å². The highest BCUT2D eigenvalue weighted by Crippen LogP contribution is 2.45. The molecule has 0 saturated carbocycles. The molecule has 0 bridgehead atoms. The van der Waals surface area contributed by atoms with Gasteiger partial charge in [-0.15, -0.1) is 0 Å². The lowest BCUT2D eigenvalue weighted by Gasteiger charge is -2.37. The van der Waals surface area contributed by atoms with E-state index in [1.807, 2.05) is 0 Å². The summed E-state index contributed by atoms with van der Waals surface area (Å²) in [6.07, 6.45) is 1.56. The molecule has 0 aromatic carbocycles. The maximum Gasteiger partial charge on any atom is 0.135 e. The van der Waals surface area contributed by atoms with Crippen LogP contribution in [0.3, 0.4) is 0 Å². The van der Waals surface area contributed by atoms with Crippen LogP contribution in [0.4, 0.5) is 0 Å². The summed E-state index contributed by atoms with van der Waals surface area (Å²) in [6, 6.07) is 0. The van der Waals surface area contributed by atoms with Crippen LogP contribution in [0.5, 0.6) is 0 Å². The smallest absolute Gasteiger partial charge is 0.135 e. The van der Waals surface area contributed by atoms with Crippen LogP contribution in [0, 0.1) is 0 Å². The van der Waals surface area contributed by atoms with Gasteiger partial charge in [-0.25, -0.2) is 0 Å². The highest BCUT2D eigenvalue weighted by Gasteiger charge is 2.56. The maximum absolute atomic E-state index is 9.91. The number of hydrogen-bond donors (Lipinski definition) is 2. The summed E-state index contributed by atoms with van der Waals surface area (Å²) < 4.78 is 5.15. The second-order valence-corrected chi connectivity index (χ2v) is 4.50. The molecular formula is C9H16BNO3. The van der Waals surface area contributed by atoms with E-state index in [-0.39, 0.29) is 5.54 Å². The van der Waals surface area contributed by atoms with Crippen molar-refractivity contribution in [1.29, 1.82) is 0 Å². The Morgan fingerprint density at radius 1 is 1.57 bits per heavy atom. The van der Waals surface area contributed by atoms with E-state index < -0.39 is 11.7 Å². The summed E-state index contributed by atoms with van der Waals surface area (Å²) in [4.78, 5) is 1.79. The van der Waals surface area contributed by atoms with Crippen LogP contribution in [0.25, 0.3) is 0 Å². The molecule has 2 saturated heterocycles. The number of ether oxygens (including phenoxy) is 1. The largest absolute Gasteiger partial charge is 0.392 e. The molecule has 0 spiro atoms. The van der Waals surface area contributed by atoms with E-state index in [2.05, 4.69) is 0 Å². The van der Waals surface area contributed by atoms with Crippen LogP contribution >= 0.6 is 0 Å². The molecule has 2 fully saturated rings. The van der Waals surface area contributed by atoms with E-state index in [9.17, 15) is 10.2 Å². The van der Waals surface area contributed by atoms with Crippen LogP contribution in [-0.4, -0.2) is 60.5 Å². The first-order chi connectivity index (χ1) is 6.50. The molecule has 5 heteroatoms. The van der Waals surface area contributed by atoms with Crippen molar-refractivity contribution in [2.24, 2.45) is 0 Å². The molecule has 0 amide bonds. The van der Waals surface area contributed by atoms with Gasteiger partial charge in [-0.2, -0.15) is 0 Å². The fourth-order valence-corrected chi connectivity index (χ4v) is 2.85. The summed E-state index contributed by atoms with van der Waals surface area (Å²) in [5, 5.41) is 19.5. The monoisotopic (exact) mass is 197 g/mol. The molecule has 2 aliphatic heterocycles. The Morgan fingerprint density at radius 3 is 2.93 bits per heavy atom. The molecule has 2 heterocycles. The molecule has 0 aromatic heterocycles. The highest BCUT2D eigenvalue weighted by molar-refractivity contribution is 6.14. The Labute approximate surface area is 85.3 Å². The van der Waals surface area contributed by atoms with E-state index >= 15 is 0 Å². The molecule has 0 aliphatic carbocycles. The average molecular weight is 197 g/mol. The van der Waals surface area contributed by atoms with Gasteiger partial charge in [0.25, 0.3) is 0 Å². The lowest BCUT2D eigenvalue weighted by molar-refractivity contribution is -0.0542. The van der Waals surface area contributed by atoms with Gasteiger partial charge in [0.1, 0.15) is 7.85 Å².